The van der Waals surface area contributed by atoms with Crippen molar-refractivity contribution in [3.05, 3.63) is 84.3 Å². The summed E-state index contributed by atoms with van der Waals surface area (Å²) in [5.41, 5.74) is 1.81. The second kappa shape index (κ2) is 12.2. The van der Waals surface area contributed by atoms with Crippen molar-refractivity contribution in [2.45, 2.75) is 36.8 Å². The van der Waals surface area contributed by atoms with Gasteiger partial charge in [0.1, 0.15) is 0 Å². The molecular weight excluding hydrogens is 490 g/mol. The van der Waals surface area contributed by atoms with Crippen LogP contribution in [0.5, 0.6) is 0 Å². The number of aromatic nitrogens is 2. The van der Waals surface area contributed by atoms with Crippen LogP contribution in [0.1, 0.15) is 36.4 Å². The smallest absolute Gasteiger partial charge is 0.262 e. The fourth-order valence-corrected chi connectivity index (χ4v) is 6.18. The SMILES string of the molecule is Cn1cnc(S(=O)(=O)N2CCCN(C(=O)CCc3ccccc3)CCNC(=O)CC2c2ccccc2)c1. The van der Waals surface area contributed by atoms with Crippen molar-refractivity contribution in [2.24, 2.45) is 7.05 Å². The summed E-state index contributed by atoms with van der Waals surface area (Å²) < 4.78 is 30.4. The van der Waals surface area contributed by atoms with Gasteiger partial charge < -0.3 is 14.8 Å². The average molecular weight is 524 g/mol. The lowest BCUT2D eigenvalue weighted by Crippen LogP contribution is -2.39. The number of hydrogen-bond acceptors (Lipinski definition) is 5. The van der Waals surface area contributed by atoms with Crippen LogP contribution in [-0.4, -0.2) is 65.2 Å². The Balaban J connectivity index is 1.58. The zero-order valence-electron chi connectivity index (χ0n) is 21.0. The van der Waals surface area contributed by atoms with E-state index in [0.29, 0.717) is 38.9 Å². The molecule has 1 aromatic heterocycles. The van der Waals surface area contributed by atoms with Gasteiger partial charge in [-0.1, -0.05) is 60.7 Å². The summed E-state index contributed by atoms with van der Waals surface area (Å²) in [4.78, 5) is 31.8. The van der Waals surface area contributed by atoms with Crippen molar-refractivity contribution >= 4 is 21.8 Å². The molecule has 1 saturated heterocycles. The lowest BCUT2D eigenvalue weighted by Gasteiger charge is -2.30. The van der Waals surface area contributed by atoms with E-state index in [-0.39, 0.29) is 29.8 Å². The number of nitrogens with zero attached hydrogens (tertiary/aromatic N) is 4. The zero-order valence-corrected chi connectivity index (χ0v) is 21.8. The highest BCUT2D eigenvalue weighted by atomic mass is 32.2. The first kappa shape index (κ1) is 26.6. The molecular formula is C27H33N5O4S. The standard InChI is InChI=1S/C27H33N5O4S/c1-30-20-26(29-21-30)37(35,36)32-17-8-16-31(27(34)14-13-22-9-4-2-5-10-22)18-15-28-25(33)19-24(32)23-11-6-3-7-12-23/h2-7,9-12,20-21,24H,8,13-19H2,1H3,(H,28,33). The molecule has 1 atom stereocenters. The van der Waals surface area contributed by atoms with Crippen molar-refractivity contribution in [3.63, 3.8) is 0 Å². The van der Waals surface area contributed by atoms with Crippen molar-refractivity contribution in [1.29, 1.82) is 0 Å². The van der Waals surface area contributed by atoms with E-state index in [2.05, 4.69) is 10.3 Å². The van der Waals surface area contributed by atoms with Gasteiger partial charge in [-0.15, -0.1) is 0 Å². The Bertz CT molecular complexity index is 1290. The number of rotatable bonds is 6. The third-order valence-corrected chi connectivity index (χ3v) is 8.29. The normalized spacial score (nSPS) is 18.1. The molecule has 1 fully saturated rings. The molecule has 1 N–H and O–H groups in total. The topological polar surface area (TPSA) is 105 Å². The molecule has 0 spiro atoms. The lowest BCUT2D eigenvalue weighted by molar-refractivity contribution is -0.131. The van der Waals surface area contributed by atoms with E-state index >= 15 is 0 Å². The van der Waals surface area contributed by atoms with Crippen LogP contribution in [0.25, 0.3) is 0 Å². The summed E-state index contributed by atoms with van der Waals surface area (Å²) in [6.45, 7) is 1.22. The summed E-state index contributed by atoms with van der Waals surface area (Å²) in [6.07, 6.45) is 4.27. The Morgan fingerprint density at radius 2 is 1.73 bits per heavy atom. The number of sulfonamides is 1. The Morgan fingerprint density at radius 3 is 2.41 bits per heavy atom. The van der Waals surface area contributed by atoms with E-state index < -0.39 is 16.1 Å². The minimum absolute atomic E-state index is 0.0175. The fraction of sp³-hybridized carbons (Fsp3) is 0.370. The van der Waals surface area contributed by atoms with Crippen LogP contribution in [-0.2, 0) is 33.1 Å². The van der Waals surface area contributed by atoms with Crippen molar-refractivity contribution < 1.29 is 18.0 Å². The number of amides is 2. The number of benzene rings is 2. The van der Waals surface area contributed by atoms with E-state index in [1.165, 1.54) is 16.8 Å². The molecule has 0 bridgehead atoms. The van der Waals surface area contributed by atoms with Gasteiger partial charge in [-0.3, -0.25) is 9.59 Å². The Hall–Kier alpha value is -3.50. The van der Waals surface area contributed by atoms with Gasteiger partial charge >= 0.3 is 0 Å². The van der Waals surface area contributed by atoms with E-state index in [1.54, 1.807) is 16.5 Å². The quantitative estimate of drug-likeness (QED) is 0.535. The molecule has 4 rings (SSSR count). The molecule has 0 saturated carbocycles. The van der Waals surface area contributed by atoms with Crippen molar-refractivity contribution in [3.8, 4) is 0 Å². The largest absolute Gasteiger partial charge is 0.354 e. The second-order valence-corrected chi connectivity index (χ2v) is 11.0. The number of carbonyl (C=O) groups is 2. The molecule has 1 unspecified atom stereocenters. The minimum atomic E-state index is -4.01. The maximum Gasteiger partial charge on any atom is 0.262 e. The van der Waals surface area contributed by atoms with Gasteiger partial charge in [0.15, 0.2) is 5.03 Å². The highest BCUT2D eigenvalue weighted by Crippen LogP contribution is 2.30. The van der Waals surface area contributed by atoms with Crippen LogP contribution >= 0.6 is 0 Å². The highest BCUT2D eigenvalue weighted by molar-refractivity contribution is 7.89. The zero-order chi connectivity index (χ0) is 26.3. The Labute approximate surface area is 218 Å². The molecule has 0 aliphatic carbocycles. The van der Waals surface area contributed by atoms with E-state index in [9.17, 15) is 18.0 Å². The van der Waals surface area contributed by atoms with E-state index in [1.807, 2.05) is 60.7 Å². The Kier molecular flexibility index (Phi) is 8.73. The molecule has 1 aliphatic heterocycles. The third kappa shape index (κ3) is 6.84. The van der Waals surface area contributed by atoms with Gasteiger partial charge in [-0.05, 0) is 24.0 Å². The molecule has 10 heteroatoms. The van der Waals surface area contributed by atoms with Crippen LogP contribution < -0.4 is 5.32 Å². The molecule has 37 heavy (non-hydrogen) atoms. The molecule has 196 valence electrons. The first-order chi connectivity index (χ1) is 17.8. The predicted octanol–water partition coefficient (Wildman–Crippen LogP) is 2.52. The third-order valence-electron chi connectivity index (χ3n) is 6.50. The van der Waals surface area contributed by atoms with E-state index in [4.69, 9.17) is 0 Å². The minimum Gasteiger partial charge on any atom is -0.354 e. The molecule has 1 aliphatic rings. The molecule has 2 amide bonds. The van der Waals surface area contributed by atoms with Gasteiger partial charge in [0.2, 0.25) is 11.8 Å². The van der Waals surface area contributed by atoms with Gasteiger partial charge in [0, 0.05) is 52.3 Å². The molecule has 0 radical (unpaired) electrons. The number of aryl methyl sites for hydroxylation is 2. The fourth-order valence-electron chi connectivity index (χ4n) is 4.56. The van der Waals surface area contributed by atoms with Crippen LogP contribution in [0.15, 0.2) is 78.2 Å². The maximum atomic E-state index is 13.8. The summed E-state index contributed by atoms with van der Waals surface area (Å²) in [5.74, 6) is -0.287. The molecule has 2 aromatic carbocycles. The first-order valence-electron chi connectivity index (χ1n) is 12.5. The number of carbonyl (C=O) groups excluding carboxylic acids is 2. The van der Waals surface area contributed by atoms with Crippen LogP contribution in [0.2, 0.25) is 0 Å². The Morgan fingerprint density at radius 1 is 1.03 bits per heavy atom. The maximum absolute atomic E-state index is 13.8. The number of nitrogens with one attached hydrogen (secondary N) is 1. The summed E-state index contributed by atoms with van der Waals surface area (Å²) in [5, 5.41) is 2.81. The molecule has 9 nitrogen and oxygen atoms in total. The van der Waals surface area contributed by atoms with Crippen molar-refractivity contribution in [2.75, 3.05) is 26.2 Å². The highest BCUT2D eigenvalue weighted by Gasteiger charge is 2.35. The molecule has 3 aromatic rings. The monoisotopic (exact) mass is 523 g/mol. The van der Waals surface area contributed by atoms with Crippen LogP contribution in [0, 0.1) is 0 Å². The second-order valence-electron chi connectivity index (χ2n) is 9.19. The summed E-state index contributed by atoms with van der Waals surface area (Å²) in [6, 6.07) is 18.3. The molecule has 2 heterocycles. The van der Waals surface area contributed by atoms with Gasteiger partial charge in [0.25, 0.3) is 10.0 Å². The van der Waals surface area contributed by atoms with Gasteiger partial charge in [0.05, 0.1) is 12.4 Å². The summed E-state index contributed by atoms with van der Waals surface area (Å²) >= 11 is 0. The predicted molar refractivity (Wildman–Crippen MR) is 140 cm³/mol. The first-order valence-corrected chi connectivity index (χ1v) is 13.9. The van der Waals surface area contributed by atoms with Crippen LogP contribution in [0.3, 0.4) is 0 Å². The van der Waals surface area contributed by atoms with Gasteiger partial charge in [-0.2, -0.15) is 4.31 Å². The number of hydrogen-bond donors (Lipinski definition) is 1. The average Bonchev–Trinajstić information content (AvgIpc) is 3.34. The van der Waals surface area contributed by atoms with Crippen molar-refractivity contribution in [1.82, 2.24) is 24.1 Å². The number of imidazole rings is 1. The van der Waals surface area contributed by atoms with Crippen LogP contribution in [0.4, 0.5) is 0 Å². The van der Waals surface area contributed by atoms with E-state index in [0.717, 1.165) is 11.1 Å². The lowest BCUT2D eigenvalue weighted by atomic mass is 10.0. The summed E-state index contributed by atoms with van der Waals surface area (Å²) in [7, 11) is -2.30. The van der Waals surface area contributed by atoms with Gasteiger partial charge in [-0.25, -0.2) is 13.4 Å².